The molecular weight excluding hydrogens is 344 g/mol. The zero-order valence-electron chi connectivity index (χ0n) is 15.3. The van der Waals surface area contributed by atoms with Crippen LogP contribution in [0.15, 0.2) is 42.6 Å². The second-order valence-corrected chi connectivity index (χ2v) is 6.58. The third kappa shape index (κ3) is 4.20. The van der Waals surface area contributed by atoms with Crippen molar-refractivity contribution >= 4 is 23.1 Å². The fourth-order valence-electron chi connectivity index (χ4n) is 3.38. The van der Waals surface area contributed by atoms with E-state index in [0.29, 0.717) is 37.7 Å². The van der Waals surface area contributed by atoms with Crippen LogP contribution in [0.25, 0.3) is 0 Å². The van der Waals surface area contributed by atoms with Crippen molar-refractivity contribution in [3.63, 3.8) is 0 Å². The number of morpholine rings is 2. The van der Waals surface area contributed by atoms with Crippen molar-refractivity contribution in [3.05, 3.63) is 48.2 Å². The van der Waals surface area contributed by atoms with Gasteiger partial charge in [0, 0.05) is 37.9 Å². The molecule has 2 aliphatic heterocycles. The van der Waals surface area contributed by atoms with Crippen LogP contribution in [-0.4, -0.2) is 68.4 Å². The van der Waals surface area contributed by atoms with Gasteiger partial charge in [0.2, 0.25) is 0 Å². The van der Waals surface area contributed by atoms with Crippen molar-refractivity contribution in [2.45, 2.75) is 0 Å². The second-order valence-electron chi connectivity index (χ2n) is 6.58. The number of nitrogens with one attached hydrogen (secondary N) is 1. The molecular formula is C20H24N4O3. The van der Waals surface area contributed by atoms with Crippen molar-refractivity contribution < 1.29 is 14.3 Å². The highest BCUT2D eigenvalue weighted by atomic mass is 16.5. The summed E-state index contributed by atoms with van der Waals surface area (Å²) in [6.07, 6.45) is 1.67. The van der Waals surface area contributed by atoms with Gasteiger partial charge in [-0.1, -0.05) is 12.1 Å². The van der Waals surface area contributed by atoms with E-state index in [2.05, 4.69) is 21.3 Å². The smallest absolute Gasteiger partial charge is 0.254 e. The molecule has 7 heteroatoms. The van der Waals surface area contributed by atoms with Crippen LogP contribution >= 0.6 is 0 Å². The Morgan fingerprint density at radius 3 is 2.44 bits per heavy atom. The molecule has 1 N–H and O–H groups in total. The Morgan fingerprint density at radius 2 is 1.67 bits per heavy atom. The molecule has 1 aromatic heterocycles. The molecule has 2 aromatic rings. The molecule has 2 aliphatic rings. The first kappa shape index (κ1) is 17.8. The molecule has 0 atom stereocenters. The van der Waals surface area contributed by atoms with E-state index in [0.717, 1.165) is 37.7 Å². The topological polar surface area (TPSA) is 66.9 Å². The largest absolute Gasteiger partial charge is 0.378 e. The highest BCUT2D eigenvalue weighted by molar-refractivity contribution is 5.95. The minimum atomic E-state index is 0.0187. The molecule has 0 radical (unpaired) electrons. The summed E-state index contributed by atoms with van der Waals surface area (Å²) in [5.41, 5.74) is 2.73. The van der Waals surface area contributed by atoms with Gasteiger partial charge in [-0.2, -0.15) is 0 Å². The number of hydrogen-bond acceptors (Lipinski definition) is 6. The van der Waals surface area contributed by atoms with E-state index < -0.39 is 0 Å². The molecule has 0 bridgehead atoms. The number of amides is 1. The third-order valence-corrected chi connectivity index (χ3v) is 4.82. The minimum Gasteiger partial charge on any atom is -0.378 e. The average molecular weight is 368 g/mol. The van der Waals surface area contributed by atoms with Gasteiger partial charge in [-0.3, -0.25) is 4.79 Å². The predicted octanol–water partition coefficient (Wildman–Crippen LogP) is 2.13. The molecule has 1 amide bonds. The van der Waals surface area contributed by atoms with E-state index in [1.54, 1.807) is 12.3 Å². The van der Waals surface area contributed by atoms with Crippen molar-refractivity contribution in [3.8, 4) is 0 Å². The van der Waals surface area contributed by atoms with E-state index in [9.17, 15) is 4.79 Å². The van der Waals surface area contributed by atoms with Gasteiger partial charge in [0.05, 0.1) is 37.8 Å². The monoisotopic (exact) mass is 368 g/mol. The number of rotatable bonds is 4. The van der Waals surface area contributed by atoms with Gasteiger partial charge >= 0.3 is 0 Å². The van der Waals surface area contributed by atoms with Crippen LogP contribution in [0.5, 0.6) is 0 Å². The molecule has 2 fully saturated rings. The Labute approximate surface area is 158 Å². The zero-order chi connectivity index (χ0) is 18.5. The Morgan fingerprint density at radius 1 is 0.963 bits per heavy atom. The first-order valence-corrected chi connectivity index (χ1v) is 9.33. The molecule has 1 aromatic carbocycles. The second kappa shape index (κ2) is 8.37. The Balaban J connectivity index is 1.52. The first-order chi connectivity index (χ1) is 13.3. The molecule has 0 unspecified atom stereocenters. The number of benzene rings is 1. The summed E-state index contributed by atoms with van der Waals surface area (Å²) >= 11 is 0. The van der Waals surface area contributed by atoms with Gasteiger partial charge in [0.1, 0.15) is 5.82 Å². The van der Waals surface area contributed by atoms with Crippen LogP contribution in [0.2, 0.25) is 0 Å². The Bertz CT molecular complexity index is 786. The van der Waals surface area contributed by atoms with Crippen molar-refractivity contribution in [1.82, 2.24) is 9.88 Å². The molecule has 142 valence electrons. The van der Waals surface area contributed by atoms with Crippen LogP contribution in [-0.2, 0) is 9.47 Å². The lowest BCUT2D eigenvalue weighted by Gasteiger charge is -2.30. The fourth-order valence-corrected chi connectivity index (χ4v) is 3.38. The van der Waals surface area contributed by atoms with Gasteiger partial charge in [-0.25, -0.2) is 4.98 Å². The molecule has 2 saturated heterocycles. The van der Waals surface area contributed by atoms with E-state index in [1.807, 2.05) is 29.2 Å². The number of anilines is 3. The van der Waals surface area contributed by atoms with Crippen molar-refractivity contribution in [2.24, 2.45) is 0 Å². The van der Waals surface area contributed by atoms with E-state index in [1.165, 1.54) is 0 Å². The SMILES string of the molecule is O=C(c1ccnc(Nc2ccccc2N2CCOCC2)c1)N1CCOCC1. The van der Waals surface area contributed by atoms with E-state index >= 15 is 0 Å². The number of ether oxygens (including phenoxy) is 2. The quantitative estimate of drug-likeness (QED) is 0.892. The summed E-state index contributed by atoms with van der Waals surface area (Å²) in [6.45, 7) is 5.63. The van der Waals surface area contributed by atoms with Crippen LogP contribution in [0.4, 0.5) is 17.2 Å². The maximum Gasteiger partial charge on any atom is 0.254 e. The van der Waals surface area contributed by atoms with Crippen molar-refractivity contribution in [1.29, 1.82) is 0 Å². The number of para-hydroxylation sites is 2. The Kier molecular flexibility index (Phi) is 5.50. The van der Waals surface area contributed by atoms with Gasteiger partial charge in [-0.05, 0) is 24.3 Å². The predicted molar refractivity (Wildman–Crippen MR) is 104 cm³/mol. The highest BCUT2D eigenvalue weighted by Gasteiger charge is 2.19. The summed E-state index contributed by atoms with van der Waals surface area (Å²) in [6, 6.07) is 11.7. The van der Waals surface area contributed by atoms with E-state index in [-0.39, 0.29) is 5.91 Å². The van der Waals surface area contributed by atoms with Crippen LogP contribution in [0.3, 0.4) is 0 Å². The van der Waals surface area contributed by atoms with E-state index in [4.69, 9.17) is 9.47 Å². The summed E-state index contributed by atoms with van der Waals surface area (Å²) in [5, 5.41) is 3.38. The maximum absolute atomic E-state index is 12.7. The molecule has 0 aliphatic carbocycles. The molecule has 0 saturated carbocycles. The highest BCUT2D eigenvalue weighted by Crippen LogP contribution is 2.29. The first-order valence-electron chi connectivity index (χ1n) is 9.33. The van der Waals surface area contributed by atoms with Crippen LogP contribution in [0, 0.1) is 0 Å². The lowest BCUT2D eigenvalue weighted by Crippen LogP contribution is -2.40. The average Bonchev–Trinajstić information content (AvgIpc) is 2.75. The summed E-state index contributed by atoms with van der Waals surface area (Å²) in [4.78, 5) is 21.2. The lowest BCUT2D eigenvalue weighted by molar-refractivity contribution is 0.0303. The minimum absolute atomic E-state index is 0.0187. The summed E-state index contributed by atoms with van der Waals surface area (Å²) < 4.78 is 10.8. The van der Waals surface area contributed by atoms with Crippen LogP contribution in [0.1, 0.15) is 10.4 Å². The number of pyridine rings is 1. The molecule has 7 nitrogen and oxygen atoms in total. The van der Waals surface area contributed by atoms with Crippen molar-refractivity contribution in [2.75, 3.05) is 62.8 Å². The van der Waals surface area contributed by atoms with Gasteiger partial charge in [0.15, 0.2) is 0 Å². The zero-order valence-corrected chi connectivity index (χ0v) is 15.3. The lowest BCUT2D eigenvalue weighted by atomic mass is 10.2. The number of nitrogens with zero attached hydrogens (tertiary/aromatic N) is 3. The molecule has 0 spiro atoms. The number of hydrogen-bond donors (Lipinski definition) is 1. The standard InChI is InChI=1S/C20H24N4O3/c25-20(24-9-13-27-14-10-24)16-5-6-21-19(15-16)22-17-3-1-2-4-18(17)23-7-11-26-12-8-23/h1-6,15H,7-14H2,(H,21,22). The maximum atomic E-state index is 12.7. The third-order valence-electron chi connectivity index (χ3n) is 4.82. The molecule has 4 rings (SSSR count). The number of carbonyl (C=O) groups excluding carboxylic acids is 1. The summed E-state index contributed by atoms with van der Waals surface area (Å²) in [7, 11) is 0. The van der Waals surface area contributed by atoms with Gasteiger partial charge in [-0.15, -0.1) is 0 Å². The Hall–Kier alpha value is -2.64. The normalized spacial score (nSPS) is 17.6. The fraction of sp³-hybridized carbons (Fsp3) is 0.400. The molecule has 27 heavy (non-hydrogen) atoms. The van der Waals surface area contributed by atoms with Crippen LogP contribution < -0.4 is 10.2 Å². The van der Waals surface area contributed by atoms with Gasteiger partial charge in [0.25, 0.3) is 5.91 Å². The number of aromatic nitrogens is 1. The van der Waals surface area contributed by atoms with Gasteiger partial charge < -0.3 is 24.6 Å². The summed E-state index contributed by atoms with van der Waals surface area (Å²) in [5.74, 6) is 0.681. The number of carbonyl (C=O) groups is 1. The molecule has 3 heterocycles.